The van der Waals surface area contributed by atoms with Crippen LogP contribution in [0.5, 0.6) is 5.75 Å². The molecule has 1 aromatic carbocycles. The summed E-state index contributed by atoms with van der Waals surface area (Å²) in [6.07, 6.45) is 2.66. The number of benzene rings is 1. The zero-order valence-electron chi connectivity index (χ0n) is 9.85. The lowest BCUT2D eigenvalue weighted by Gasteiger charge is -2.09. The summed E-state index contributed by atoms with van der Waals surface area (Å²) in [6.45, 7) is 4.71. The second kappa shape index (κ2) is 7.19. The SMILES string of the molecule is CCC#CCCc1cc(Cl)ccc1OCC. The first kappa shape index (κ1) is 12.9. The van der Waals surface area contributed by atoms with E-state index >= 15 is 0 Å². The van der Waals surface area contributed by atoms with Gasteiger partial charge in [0.05, 0.1) is 6.61 Å². The van der Waals surface area contributed by atoms with Crippen molar-refractivity contribution < 1.29 is 4.74 Å². The lowest BCUT2D eigenvalue weighted by molar-refractivity contribution is 0.336. The highest BCUT2D eigenvalue weighted by molar-refractivity contribution is 6.30. The molecule has 86 valence electrons. The highest BCUT2D eigenvalue weighted by Gasteiger charge is 2.03. The number of ether oxygens (including phenoxy) is 1. The van der Waals surface area contributed by atoms with Gasteiger partial charge in [0.15, 0.2) is 0 Å². The van der Waals surface area contributed by atoms with Gasteiger partial charge in [0.2, 0.25) is 0 Å². The third-order valence-corrected chi connectivity index (χ3v) is 2.38. The van der Waals surface area contributed by atoms with E-state index in [1.54, 1.807) is 0 Å². The molecular formula is C14H17ClO. The van der Waals surface area contributed by atoms with E-state index < -0.39 is 0 Å². The van der Waals surface area contributed by atoms with E-state index in [2.05, 4.69) is 18.8 Å². The van der Waals surface area contributed by atoms with Crippen molar-refractivity contribution in [2.24, 2.45) is 0 Å². The Hall–Kier alpha value is -1.13. The fourth-order valence-electron chi connectivity index (χ4n) is 1.45. The summed E-state index contributed by atoms with van der Waals surface area (Å²) in [4.78, 5) is 0. The number of aryl methyl sites for hydroxylation is 1. The van der Waals surface area contributed by atoms with E-state index in [4.69, 9.17) is 16.3 Å². The second-order valence-corrected chi connectivity index (χ2v) is 3.83. The van der Waals surface area contributed by atoms with Gasteiger partial charge in [-0.2, -0.15) is 0 Å². The predicted molar refractivity (Wildman–Crippen MR) is 69.0 cm³/mol. The minimum absolute atomic E-state index is 0.676. The van der Waals surface area contributed by atoms with Crippen molar-refractivity contribution in [3.05, 3.63) is 28.8 Å². The summed E-state index contributed by atoms with van der Waals surface area (Å²) in [5.74, 6) is 7.11. The van der Waals surface area contributed by atoms with E-state index in [0.29, 0.717) is 6.61 Å². The molecule has 0 aromatic heterocycles. The van der Waals surface area contributed by atoms with Gasteiger partial charge in [0.1, 0.15) is 5.75 Å². The van der Waals surface area contributed by atoms with Gasteiger partial charge >= 0.3 is 0 Å². The Labute approximate surface area is 103 Å². The van der Waals surface area contributed by atoms with Crippen LogP contribution in [0.2, 0.25) is 5.02 Å². The molecule has 1 aromatic rings. The van der Waals surface area contributed by atoms with Gasteiger partial charge in [-0.25, -0.2) is 0 Å². The quantitative estimate of drug-likeness (QED) is 0.716. The minimum Gasteiger partial charge on any atom is -0.494 e. The largest absolute Gasteiger partial charge is 0.494 e. The molecule has 0 saturated heterocycles. The molecule has 0 aliphatic heterocycles. The van der Waals surface area contributed by atoms with Gasteiger partial charge in [-0.05, 0) is 37.1 Å². The molecule has 1 nitrogen and oxygen atoms in total. The van der Waals surface area contributed by atoms with Gasteiger partial charge in [-0.15, -0.1) is 11.8 Å². The van der Waals surface area contributed by atoms with Gasteiger partial charge in [-0.1, -0.05) is 18.5 Å². The van der Waals surface area contributed by atoms with E-state index in [1.165, 1.54) is 0 Å². The molecule has 0 unspecified atom stereocenters. The lowest BCUT2D eigenvalue weighted by Crippen LogP contribution is -1.96. The van der Waals surface area contributed by atoms with Crippen molar-refractivity contribution in [1.82, 2.24) is 0 Å². The molecule has 0 atom stereocenters. The van der Waals surface area contributed by atoms with E-state index in [0.717, 1.165) is 35.6 Å². The monoisotopic (exact) mass is 236 g/mol. The standard InChI is InChI=1S/C14H17ClO/c1-3-5-6-7-8-12-11-13(15)9-10-14(12)16-4-2/h9-11H,3-4,7-8H2,1-2H3. The number of hydrogen-bond donors (Lipinski definition) is 0. The summed E-state index contributed by atoms with van der Waals surface area (Å²) in [5, 5.41) is 0.752. The van der Waals surface area contributed by atoms with Crippen LogP contribution in [0.15, 0.2) is 18.2 Å². The van der Waals surface area contributed by atoms with Crippen molar-refractivity contribution in [2.75, 3.05) is 6.61 Å². The van der Waals surface area contributed by atoms with Crippen LogP contribution in [0.3, 0.4) is 0 Å². The molecule has 0 fully saturated rings. The van der Waals surface area contributed by atoms with Crippen LogP contribution in [-0.4, -0.2) is 6.61 Å². The van der Waals surface area contributed by atoms with Gasteiger partial charge in [0, 0.05) is 17.9 Å². The molecule has 2 heteroatoms. The van der Waals surface area contributed by atoms with E-state index in [-0.39, 0.29) is 0 Å². The average molecular weight is 237 g/mol. The van der Waals surface area contributed by atoms with E-state index in [1.807, 2.05) is 25.1 Å². The van der Waals surface area contributed by atoms with Crippen LogP contribution < -0.4 is 4.74 Å². The Morgan fingerprint density at radius 2 is 2.06 bits per heavy atom. The maximum Gasteiger partial charge on any atom is 0.122 e. The highest BCUT2D eigenvalue weighted by atomic mass is 35.5. The van der Waals surface area contributed by atoms with Crippen LogP contribution in [0.1, 0.15) is 32.3 Å². The highest BCUT2D eigenvalue weighted by Crippen LogP contribution is 2.24. The van der Waals surface area contributed by atoms with Crippen molar-refractivity contribution in [1.29, 1.82) is 0 Å². The van der Waals surface area contributed by atoms with Crippen LogP contribution >= 0.6 is 11.6 Å². The van der Waals surface area contributed by atoms with Crippen LogP contribution in [0, 0.1) is 11.8 Å². The molecule has 0 spiro atoms. The fraction of sp³-hybridized carbons (Fsp3) is 0.429. The predicted octanol–water partition coefficient (Wildman–Crippen LogP) is 4.08. The Balaban J connectivity index is 2.71. The summed E-state index contributed by atoms with van der Waals surface area (Å²) in [6, 6.07) is 5.74. The lowest BCUT2D eigenvalue weighted by atomic mass is 10.1. The molecule has 1 rings (SSSR count). The number of hydrogen-bond acceptors (Lipinski definition) is 1. The molecule has 0 bridgehead atoms. The molecular weight excluding hydrogens is 220 g/mol. The smallest absolute Gasteiger partial charge is 0.122 e. The van der Waals surface area contributed by atoms with E-state index in [9.17, 15) is 0 Å². The summed E-state index contributed by atoms with van der Waals surface area (Å²) in [7, 11) is 0. The second-order valence-electron chi connectivity index (χ2n) is 3.39. The normalized spacial score (nSPS) is 9.44. The Morgan fingerprint density at radius 1 is 1.25 bits per heavy atom. The topological polar surface area (TPSA) is 9.23 Å². The summed E-state index contributed by atoms with van der Waals surface area (Å²) in [5.41, 5.74) is 1.14. The number of halogens is 1. The van der Waals surface area contributed by atoms with Crippen molar-refractivity contribution in [3.8, 4) is 17.6 Å². The number of rotatable bonds is 4. The van der Waals surface area contributed by atoms with Gasteiger partial charge < -0.3 is 4.74 Å². The Bertz CT molecular complexity index is 387. The van der Waals surface area contributed by atoms with Crippen molar-refractivity contribution >= 4 is 11.6 Å². The molecule has 0 N–H and O–H groups in total. The Kier molecular flexibility index (Phi) is 5.82. The first-order valence-corrected chi connectivity index (χ1v) is 6.02. The summed E-state index contributed by atoms with van der Waals surface area (Å²) >= 11 is 5.97. The van der Waals surface area contributed by atoms with Gasteiger partial charge in [-0.3, -0.25) is 0 Å². The minimum atomic E-state index is 0.676. The summed E-state index contributed by atoms with van der Waals surface area (Å²) < 4.78 is 5.54. The Morgan fingerprint density at radius 3 is 2.75 bits per heavy atom. The molecule has 0 saturated carbocycles. The van der Waals surface area contributed by atoms with Gasteiger partial charge in [0.25, 0.3) is 0 Å². The zero-order chi connectivity index (χ0) is 11.8. The third kappa shape index (κ3) is 4.16. The average Bonchev–Trinajstić information content (AvgIpc) is 2.28. The van der Waals surface area contributed by atoms with Crippen LogP contribution in [0.25, 0.3) is 0 Å². The first-order valence-electron chi connectivity index (χ1n) is 5.64. The van der Waals surface area contributed by atoms with Crippen molar-refractivity contribution in [2.45, 2.75) is 33.1 Å². The molecule has 16 heavy (non-hydrogen) atoms. The molecule has 0 heterocycles. The third-order valence-electron chi connectivity index (χ3n) is 2.14. The molecule has 0 aliphatic rings. The molecule has 0 aliphatic carbocycles. The first-order chi connectivity index (χ1) is 7.77. The maximum atomic E-state index is 5.97. The fourth-order valence-corrected chi connectivity index (χ4v) is 1.64. The van der Waals surface area contributed by atoms with Crippen LogP contribution in [0.4, 0.5) is 0 Å². The van der Waals surface area contributed by atoms with Crippen molar-refractivity contribution in [3.63, 3.8) is 0 Å². The molecule has 0 radical (unpaired) electrons. The maximum absolute atomic E-state index is 5.97. The van der Waals surface area contributed by atoms with Crippen LogP contribution in [-0.2, 0) is 6.42 Å². The zero-order valence-corrected chi connectivity index (χ0v) is 10.6. The molecule has 0 amide bonds.